The van der Waals surface area contributed by atoms with Crippen LogP contribution in [0.4, 0.5) is 0 Å². The second-order valence-electron chi connectivity index (χ2n) is 6.37. The molecule has 0 atom stereocenters. The van der Waals surface area contributed by atoms with Gasteiger partial charge in [0.05, 0.1) is 11.5 Å². The maximum atomic E-state index is 12.1. The van der Waals surface area contributed by atoms with Gasteiger partial charge in [-0.3, -0.25) is 4.57 Å². The Morgan fingerprint density at radius 2 is 1.89 bits per heavy atom. The van der Waals surface area contributed by atoms with Crippen molar-refractivity contribution in [2.45, 2.75) is 17.0 Å². The Balaban J connectivity index is 1.55. The van der Waals surface area contributed by atoms with E-state index in [1.807, 2.05) is 12.3 Å². The summed E-state index contributed by atoms with van der Waals surface area (Å²) >= 11 is 1.61. The Kier molecular flexibility index (Phi) is 6.43. The molecule has 1 aromatic heterocycles. The number of sulfonamides is 1. The summed E-state index contributed by atoms with van der Waals surface area (Å²) in [5.74, 6) is 1.36. The van der Waals surface area contributed by atoms with Gasteiger partial charge in [-0.15, -0.1) is 0 Å². The second-order valence-corrected chi connectivity index (χ2v) is 9.59. The predicted octanol–water partition coefficient (Wildman–Crippen LogP) is 3.60. The van der Waals surface area contributed by atoms with Crippen LogP contribution in [0.2, 0.25) is 0 Å². The molecule has 0 fully saturated rings. The normalized spacial score (nSPS) is 11.7. The molecule has 0 aliphatic heterocycles. The number of aromatic nitrogens is 2. The van der Waals surface area contributed by atoms with Crippen molar-refractivity contribution in [1.82, 2.24) is 13.9 Å². The van der Waals surface area contributed by atoms with Crippen molar-refractivity contribution in [3.63, 3.8) is 0 Å². The van der Waals surface area contributed by atoms with Crippen LogP contribution in [0.5, 0.6) is 5.75 Å². The number of imidazole rings is 1. The van der Waals surface area contributed by atoms with Crippen LogP contribution >= 0.6 is 11.8 Å². The number of thioether (sulfide) groups is 1. The lowest BCUT2D eigenvalue weighted by atomic mass is 10.2. The van der Waals surface area contributed by atoms with Crippen LogP contribution in [0, 0.1) is 6.92 Å². The molecule has 0 bridgehead atoms. The van der Waals surface area contributed by atoms with Gasteiger partial charge in [0.2, 0.25) is 10.0 Å². The number of rotatable bonds is 8. The average Bonchev–Trinajstić information content (AvgIpc) is 3.14. The van der Waals surface area contributed by atoms with Crippen LogP contribution in [0.3, 0.4) is 0 Å². The summed E-state index contributed by atoms with van der Waals surface area (Å²) < 4.78 is 33.1. The van der Waals surface area contributed by atoms with Gasteiger partial charge in [-0.1, -0.05) is 23.9 Å². The number of hydrogen-bond acceptors (Lipinski definition) is 5. The zero-order chi connectivity index (χ0) is 20.1. The fourth-order valence-electron chi connectivity index (χ4n) is 2.58. The van der Waals surface area contributed by atoms with Crippen molar-refractivity contribution < 1.29 is 13.2 Å². The van der Waals surface area contributed by atoms with E-state index >= 15 is 0 Å². The number of ether oxygens (including phenoxy) is 1. The van der Waals surface area contributed by atoms with E-state index in [4.69, 9.17) is 4.74 Å². The zero-order valence-corrected chi connectivity index (χ0v) is 17.7. The van der Waals surface area contributed by atoms with Crippen molar-refractivity contribution in [1.29, 1.82) is 0 Å². The summed E-state index contributed by atoms with van der Waals surface area (Å²) in [7, 11) is -0.397. The van der Waals surface area contributed by atoms with Crippen molar-refractivity contribution >= 4 is 21.8 Å². The molecule has 28 heavy (non-hydrogen) atoms. The van der Waals surface area contributed by atoms with Crippen LogP contribution in [-0.4, -0.2) is 48.7 Å². The molecule has 1 heterocycles. The van der Waals surface area contributed by atoms with Crippen LogP contribution < -0.4 is 4.74 Å². The SMILES string of the molecule is Cc1cccc(-n2ccnc2SCCOc2ccc(S(=O)(=O)N(C)C)cc2)c1. The molecule has 3 aromatic rings. The highest BCUT2D eigenvalue weighted by Crippen LogP contribution is 2.22. The van der Waals surface area contributed by atoms with Gasteiger partial charge < -0.3 is 4.74 Å². The first-order valence-corrected chi connectivity index (χ1v) is 11.2. The molecular formula is C20H23N3O3S2. The van der Waals surface area contributed by atoms with Crippen molar-refractivity contribution in [3.8, 4) is 11.4 Å². The molecule has 0 radical (unpaired) electrons. The number of aryl methyl sites for hydroxylation is 1. The second kappa shape index (κ2) is 8.81. The Labute approximate surface area is 170 Å². The van der Waals surface area contributed by atoms with Crippen LogP contribution in [0.25, 0.3) is 5.69 Å². The summed E-state index contributed by atoms with van der Waals surface area (Å²) in [4.78, 5) is 4.67. The van der Waals surface area contributed by atoms with Gasteiger partial charge in [0.15, 0.2) is 5.16 Å². The molecule has 0 saturated carbocycles. The molecule has 2 aromatic carbocycles. The first-order chi connectivity index (χ1) is 13.4. The number of benzene rings is 2. The Morgan fingerprint density at radius 3 is 2.57 bits per heavy atom. The number of nitrogens with zero attached hydrogens (tertiary/aromatic N) is 3. The quantitative estimate of drug-likeness (QED) is 0.414. The molecule has 0 N–H and O–H groups in total. The van der Waals surface area contributed by atoms with E-state index in [0.717, 1.165) is 16.6 Å². The minimum atomic E-state index is -3.42. The first kappa shape index (κ1) is 20.4. The molecule has 3 rings (SSSR count). The van der Waals surface area contributed by atoms with Crippen molar-refractivity contribution in [3.05, 3.63) is 66.5 Å². The fraction of sp³-hybridized carbons (Fsp3) is 0.250. The van der Waals surface area contributed by atoms with Gasteiger partial charge in [0.25, 0.3) is 0 Å². The van der Waals surface area contributed by atoms with Gasteiger partial charge in [-0.05, 0) is 48.9 Å². The Bertz CT molecular complexity index is 1030. The molecule has 8 heteroatoms. The molecule has 0 unspecified atom stereocenters. The smallest absolute Gasteiger partial charge is 0.242 e. The van der Waals surface area contributed by atoms with Crippen molar-refractivity contribution in [2.24, 2.45) is 0 Å². The standard InChI is InChI=1S/C20H23N3O3S2/c1-16-5-4-6-17(15-16)23-12-11-21-20(23)27-14-13-26-18-7-9-19(10-8-18)28(24,25)22(2)3/h4-12,15H,13-14H2,1-3H3. The van der Waals surface area contributed by atoms with Crippen LogP contribution in [0.1, 0.15) is 5.56 Å². The van der Waals surface area contributed by atoms with Crippen LogP contribution in [0.15, 0.2) is 71.0 Å². The van der Waals surface area contributed by atoms with E-state index in [1.54, 1.807) is 42.2 Å². The summed E-state index contributed by atoms with van der Waals surface area (Å²) in [5, 5.41) is 0.904. The van der Waals surface area contributed by atoms with Gasteiger partial charge in [-0.25, -0.2) is 17.7 Å². The molecular weight excluding hydrogens is 394 g/mol. The third-order valence-corrected chi connectivity index (χ3v) is 6.83. The summed E-state index contributed by atoms with van der Waals surface area (Å²) in [6.07, 6.45) is 3.73. The monoisotopic (exact) mass is 417 g/mol. The van der Waals surface area contributed by atoms with Gasteiger partial charge >= 0.3 is 0 Å². The molecule has 148 valence electrons. The lowest BCUT2D eigenvalue weighted by Crippen LogP contribution is -2.22. The van der Waals surface area contributed by atoms with E-state index < -0.39 is 10.0 Å². The summed E-state index contributed by atoms with van der Waals surface area (Å²) in [6.45, 7) is 2.56. The van der Waals surface area contributed by atoms with Crippen LogP contribution in [-0.2, 0) is 10.0 Å². The molecule has 0 saturated heterocycles. The van der Waals surface area contributed by atoms with Gasteiger partial charge in [0, 0.05) is 37.9 Å². The fourth-order valence-corrected chi connectivity index (χ4v) is 4.27. The minimum Gasteiger partial charge on any atom is -0.493 e. The third-order valence-electron chi connectivity index (χ3n) is 4.07. The molecule has 0 aliphatic rings. The maximum Gasteiger partial charge on any atom is 0.242 e. The summed E-state index contributed by atoms with van der Waals surface area (Å²) in [6, 6.07) is 14.7. The lowest BCUT2D eigenvalue weighted by molar-refractivity contribution is 0.343. The Morgan fingerprint density at radius 1 is 1.14 bits per heavy atom. The number of hydrogen-bond donors (Lipinski definition) is 0. The summed E-state index contributed by atoms with van der Waals surface area (Å²) in [5.41, 5.74) is 2.28. The third kappa shape index (κ3) is 4.76. The van der Waals surface area contributed by atoms with E-state index in [9.17, 15) is 8.42 Å². The largest absolute Gasteiger partial charge is 0.493 e. The topological polar surface area (TPSA) is 64.4 Å². The Hall–Kier alpha value is -2.29. The highest BCUT2D eigenvalue weighted by molar-refractivity contribution is 7.99. The van der Waals surface area contributed by atoms with E-state index in [2.05, 4.69) is 34.7 Å². The molecule has 0 amide bonds. The average molecular weight is 418 g/mol. The van der Waals surface area contributed by atoms with E-state index in [-0.39, 0.29) is 4.90 Å². The molecule has 0 aliphatic carbocycles. The maximum absolute atomic E-state index is 12.1. The highest BCUT2D eigenvalue weighted by atomic mass is 32.2. The molecule has 0 spiro atoms. The minimum absolute atomic E-state index is 0.249. The lowest BCUT2D eigenvalue weighted by Gasteiger charge is -2.12. The predicted molar refractivity (Wildman–Crippen MR) is 112 cm³/mol. The molecule has 6 nitrogen and oxygen atoms in total. The van der Waals surface area contributed by atoms with E-state index in [0.29, 0.717) is 12.4 Å². The van der Waals surface area contributed by atoms with Gasteiger partial charge in [0.1, 0.15) is 5.75 Å². The highest BCUT2D eigenvalue weighted by Gasteiger charge is 2.16. The van der Waals surface area contributed by atoms with Crippen molar-refractivity contribution in [2.75, 3.05) is 26.5 Å². The van der Waals surface area contributed by atoms with E-state index in [1.165, 1.54) is 24.0 Å². The van der Waals surface area contributed by atoms with Gasteiger partial charge in [-0.2, -0.15) is 0 Å². The first-order valence-electron chi connectivity index (χ1n) is 8.76. The zero-order valence-electron chi connectivity index (χ0n) is 16.1.